The molecule has 1 aromatic carbocycles. The van der Waals surface area contributed by atoms with Crippen molar-refractivity contribution in [1.82, 2.24) is 14.9 Å². The highest BCUT2D eigenvalue weighted by Crippen LogP contribution is 2.22. The number of imidazole rings is 1. The highest BCUT2D eigenvalue weighted by Gasteiger charge is 2.40. The summed E-state index contributed by atoms with van der Waals surface area (Å²) in [7, 11) is 1.55. The quantitative estimate of drug-likeness (QED) is 0.733. The predicted molar refractivity (Wildman–Crippen MR) is 103 cm³/mol. The Morgan fingerprint density at radius 2 is 2.30 bits per heavy atom. The minimum Gasteiger partial charge on any atom is -0.385 e. The first-order valence-corrected chi connectivity index (χ1v) is 9.60. The number of benzene rings is 1. The van der Waals surface area contributed by atoms with Crippen LogP contribution in [0.25, 0.3) is 11.0 Å². The maximum Gasteiger partial charge on any atom is 0.222 e. The van der Waals surface area contributed by atoms with Gasteiger partial charge in [-0.25, -0.2) is 4.98 Å². The topological polar surface area (TPSA) is 85.6 Å². The SMILES string of the molecule is CCCc1nc2ccccc2n1CCC(=O)NC1COCCC1(O)COC. The molecular weight excluding hydrogens is 346 g/mol. The van der Waals surface area contributed by atoms with E-state index in [1.165, 1.54) is 0 Å². The average molecular weight is 375 g/mol. The fraction of sp³-hybridized carbons (Fsp3) is 0.600. The van der Waals surface area contributed by atoms with Gasteiger partial charge in [0.15, 0.2) is 0 Å². The lowest BCUT2D eigenvalue weighted by molar-refractivity contribution is -0.140. The second-order valence-electron chi connectivity index (χ2n) is 7.15. The van der Waals surface area contributed by atoms with Crippen LogP contribution in [0, 0.1) is 0 Å². The molecule has 0 radical (unpaired) electrons. The zero-order valence-electron chi connectivity index (χ0n) is 16.1. The van der Waals surface area contributed by atoms with Gasteiger partial charge in [0.05, 0.1) is 30.3 Å². The van der Waals surface area contributed by atoms with Crippen LogP contribution in [0.1, 0.15) is 32.0 Å². The number of rotatable bonds is 8. The molecule has 1 aliphatic heterocycles. The predicted octanol–water partition coefficient (Wildman–Crippen LogP) is 1.66. The van der Waals surface area contributed by atoms with Gasteiger partial charge in [0.2, 0.25) is 5.91 Å². The van der Waals surface area contributed by atoms with E-state index in [4.69, 9.17) is 14.5 Å². The van der Waals surface area contributed by atoms with Crippen LogP contribution >= 0.6 is 0 Å². The molecule has 1 aromatic heterocycles. The third-order valence-corrected chi connectivity index (χ3v) is 5.11. The number of aryl methyl sites for hydroxylation is 2. The molecule has 2 N–H and O–H groups in total. The minimum absolute atomic E-state index is 0.111. The van der Waals surface area contributed by atoms with Gasteiger partial charge in [-0.3, -0.25) is 4.79 Å². The Bertz CT molecular complexity index is 772. The van der Waals surface area contributed by atoms with Crippen molar-refractivity contribution in [1.29, 1.82) is 0 Å². The van der Waals surface area contributed by atoms with Gasteiger partial charge >= 0.3 is 0 Å². The van der Waals surface area contributed by atoms with E-state index in [1.54, 1.807) is 7.11 Å². The Balaban J connectivity index is 1.67. The van der Waals surface area contributed by atoms with Crippen LogP contribution in [0.3, 0.4) is 0 Å². The summed E-state index contributed by atoms with van der Waals surface area (Å²) in [4.78, 5) is 17.2. The van der Waals surface area contributed by atoms with Gasteiger partial charge in [-0.1, -0.05) is 19.1 Å². The number of nitrogens with one attached hydrogen (secondary N) is 1. The number of aliphatic hydroxyl groups is 1. The Labute approximate surface area is 159 Å². The first-order chi connectivity index (χ1) is 13.1. The molecule has 1 saturated heterocycles. The van der Waals surface area contributed by atoms with Crippen LogP contribution in [0.5, 0.6) is 0 Å². The van der Waals surface area contributed by atoms with E-state index in [1.807, 2.05) is 24.3 Å². The molecule has 148 valence electrons. The Morgan fingerprint density at radius 3 is 3.07 bits per heavy atom. The van der Waals surface area contributed by atoms with E-state index in [9.17, 15) is 9.90 Å². The lowest BCUT2D eigenvalue weighted by Crippen LogP contribution is -2.60. The van der Waals surface area contributed by atoms with Crippen molar-refractivity contribution in [2.75, 3.05) is 26.9 Å². The summed E-state index contributed by atoms with van der Waals surface area (Å²) in [5.74, 6) is 0.892. The third-order valence-electron chi connectivity index (χ3n) is 5.11. The number of para-hydroxylation sites is 2. The van der Waals surface area contributed by atoms with Gasteiger partial charge in [0.1, 0.15) is 11.4 Å². The van der Waals surface area contributed by atoms with Gasteiger partial charge in [-0.05, 0) is 18.6 Å². The molecule has 1 amide bonds. The van der Waals surface area contributed by atoms with Gasteiger partial charge < -0.3 is 24.5 Å². The third kappa shape index (κ3) is 4.48. The van der Waals surface area contributed by atoms with Crippen LogP contribution in [-0.4, -0.2) is 59.1 Å². The number of nitrogens with zero attached hydrogens (tertiary/aromatic N) is 2. The van der Waals surface area contributed by atoms with Crippen molar-refractivity contribution in [2.45, 2.75) is 50.8 Å². The van der Waals surface area contributed by atoms with Crippen LogP contribution in [-0.2, 0) is 27.2 Å². The molecule has 7 nitrogen and oxygen atoms in total. The number of carbonyl (C=O) groups is 1. The highest BCUT2D eigenvalue weighted by molar-refractivity contribution is 5.78. The standard InChI is InChI=1S/C20H29N3O4/c1-3-6-18-21-15-7-4-5-8-16(15)23(18)11-9-19(24)22-17-13-27-12-10-20(17,25)14-26-2/h4-5,7-8,17,25H,3,6,9-14H2,1-2H3,(H,22,24). The fourth-order valence-electron chi connectivity index (χ4n) is 3.65. The van der Waals surface area contributed by atoms with Gasteiger partial charge in [-0.15, -0.1) is 0 Å². The number of ether oxygens (including phenoxy) is 2. The first-order valence-electron chi connectivity index (χ1n) is 9.60. The number of carbonyl (C=O) groups excluding carboxylic acids is 1. The molecule has 3 rings (SSSR count). The fourth-order valence-corrected chi connectivity index (χ4v) is 3.65. The number of aromatic nitrogens is 2. The Hall–Kier alpha value is -1.96. The summed E-state index contributed by atoms with van der Waals surface area (Å²) < 4.78 is 12.7. The second-order valence-corrected chi connectivity index (χ2v) is 7.15. The van der Waals surface area contributed by atoms with Gasteiger partial charge in [0, 0.05) is 39.5 Å². The van der Waals surface area contributed by atoms with E-state index in [0.29, 0.717) is 32.6 Å². The minimum atomic E-state index is -1.09. The van der Waals surface area contributed by atoms with Crippen molar-refractivity contribution < 1.29 is 19.4 Å². The maximum absolute atomic E-state index is 12.6. The monoisotopic (exact) mass is 375 g/mol. The molecule has 2 aromatic rings. The number of hydrogen-bond acceptors (Lipinski definition) is 5. The second kappa shape index (κ2) is 8.82. The molecule has 0 bridgehead atoms. The number of hydrogen-bond donors (Lipinski definition) is 2. The largest absolute Gasteiger partial charge is 0.385 e. The van der Waals surface area contributed by atoms with Crippen molar-refractivity contribution in [3.8, 4) is 0 Å². The van der Waals surface area contributed by atoms with E-state index in [2.05, 4.69) is 16.8 Å². The summed E-state index contributed by atoms with van der Waals surface area (Å²) in [5.41, 5.74) is 0.916. The normalized spacial score (nSPS) is 22.9. The molecule has 0 saturated carbocycles. The molecule has 2 unspecified atom stereocenters. The van der Waals surface area contributed by atoms with Crippen LogP contribution < -0.4 is 5.32 Å². The van der Waals surface area contributed by atoms with Crippen LogP contribution in [0.2, 0.25) is 0 Å². The molecule has 2 atom stereocenters. The molecule has 27 heavy (non-hydrogen) atoms. The van der Waals surface area contributed by atoms with E-state index in [-0.39, 0.29) is 12.5 Å². The zero-order chi connectivity index (χ0) is 19.3. The number of fused-ring (bicyclic) bond motifs is 1. The van der Waals surface area contributed by atoms with Crippen molar-refractivity contribution in [3.63, 3.8) is 0 Å². The van der Waals surface area contributed by atoms with Crippen molar-refractivity contribution in [2.24, 2.45) is 0 Å². The maximum atomic E-state index is 12.6. The molecule has 0 aliphatic carbocycles. The number of amides is 1. The zero-order valence-corrected chi connectivity index (χ0v) is 16.1. The van der Waals surface area contributed by atoms with E-state index in [0.717, 1.165) is 29.7 Å². The Morgan fingerprint density at radius 1 is 1.48 bits per heavy atom. The molecule has 1 aliphatic rings. The van der Waals surface area contributed by atoms with Crippen LogP contribution in [0.4, 0.5) is 0 Å². The smallest absolute Gasteiger partial charge is 0.222 e. The lowest BCUT2D eigenvalue weighted by Gasteiger charge is -2.39. The summed E-state index contributed by atoms with van der Waals surface area (Å²) in [6, 6.07) is 7.52. The van der Waals surface area contributed by atoms with E-state index < -0.39 is 11.6 Å². The van der Waals surface area contributed by atoms with Crippen molar-refractivity contribution in [3.05, 3.63) is 30.1 Å². The molecule has 7 heteroatoms. The van der Waals surface area contributed by atoms with Gasteiger partial charge in [0.25, 0.3) is 0 Å². The van der Waals surface area contributed by atoms with E-state index >= 15 is 0 Å². The molecule has 2 heterocycles. The number of methoxy groups -OCH3 is 1. The summed E-state index contributed by atoms with van der Waals surface area (Å²) in [6.07, 6.45) is 2.63. The molecule has 0 spiro atoms. The average Bonchev–Trinajstić information content (AvgIpc) is 3.00. The Kier molecular flexibility index (Phi) is 6.46. The molecule has 1 fully saturated rings. The summed E-state index contributed by atoms with van der Waals surface area (Å²) in [6.45, 7) is 3.61. The highest BCUT2D eigenvalue weighted by atomic mass is 16.5. The van der Waals surface area contributed by atoms with Crippen molar-refractivity contribution >= 4 is 16.9 Å². The first kappa shape index (κ1) is 19.8. The summed E-state index contributed by atoms with van der Waals surface area (Å²) >= 11 is 0. The lowest BCUT2D eigenvalue weighted by atomic mass is 9.90. The van der Waals surface area contributed by atoms with Gasteiger partial charge in [-0.2, -0.15) is 0 Å². The summed E-state index contributed by atoms with van der Waals surface area (Å²) in [5, 5.41) is 13.7. The molecular formula is C20H29N3O4. The van der Waals surface area contributed by atoms with Crippen LogP contribution in [0.15, 0.2) is 24.3 Å².